The van der Waals surface area contributed by atoms with Crippen LogP contribution in [0.1, 0.15) is 36.8 Å². The maximum Gasteiger partial charge on any atom is 0.119 e. The summed E-state index contributed by atoms with van der Waals surface area (Å²) in [5.41, 5.74) is 2.51. The minimum absolute atomic E-state index is 0.226. The molecule has 0 spiro atoms. The topological polar surface area (TPSA) is 41.5 Å². The number of aliphatic hydroxyl groups excluding tert-OH is 1. The van der Waals surface area contributed by atoms with Gasteiger partial charge in [0.1, 0.15) is 5.75 Å². The Balaban J connectivity index is 2.01. The lowest BCUT2D eigenvalue weighted by molar-refractivity contribution is 0.290. The Morgan fingerprint density at radius 3 is 2.32 bits per heavy atom. The number of hydrogen-bond acceptors (Lipinski definition) is 3. The fraction of sp³-hybridized carbons (Fsp3) is 0.625. The normalized spacial score (nSPS) is 10.7. The Labute approximate surface area is 117 Å². The van der Waals surface area contributed by atoms with Crippen LogP contribution in [-0.2, 0) is 0 Å². The average molecular weight is 265 g/mol. The third kappa shape index (κ3) is 7.85. The Bertz CT molecular complexity index is 332. The van der Waals surface area contributed by atoms with Gasteiger partial charge in [0, 0.05) is 6.54 Å². The summed E-state index contributed by atoms with van der Waals surface area (Å²) in [6, 6.07) is 6.34. The molecule has 0 bridgehead atoms. The zero-order valence-electron chi connectivity index (χ0n) is 12.2. The monoisotopic (exact) mass is 265 g/mol. The minimum atomic E-state index is 0.226. The van der Waals surface area contributed by atoms with Crippen molar-refractivity contribution >= 4 is 0 Å². The predicted molar refractivity (Wildman–Crippen MR) is 79.8 cm³/mol. The van der Waals surface area contributed by atoms with Gasteiger partial charge in [0.25, 0.3) is 0 Å². The SMILES string of the molecule is Cc1cc(C)cc(OCCCCCCNCCO)c1. The molecule has 0 heterocycles. The van der Waals surface area contributed by atoms with E-state index in [1.807, 2.05) is 0 Å². The van der Waals surface area contributed by atoms with Gasteiger partial charge in [-0.2, -0.15) is 0 Å². The molecular formula is C16H27NO2. The lowest BCUT2D eigenvalue weighted by Crippen LogP contribution is -2.19. The molecule has 19 heavy (non-hydrogen) atoms. The van der Waals surface area contributed by atoms with Gasteiger partial charge in [0.2, 0.25) is 0 Å². The highest BCUT2D eigenvalue weighted by Gasteiger charge is 1.97. The number of nitrogens with one attached hydrogen (secondary N) is 1. The molecule has 0 unspecified atom stereocenters. The first-order valence-corrected chi connectivity index (χ1v) is 7.25. The molecule has 1 rings (SSSR count). The fourth-order valence-electron chi connectivity index (χ4n) is 2.12. The van der Waals surface area contributed by atoms with Crippen LogP contribution < -0.4 is 10.1 Å². The van der Waals surface area contributed by atoms with Crippen molar-refractivity contribution in [2.45, 2.75) is 39.5 Å². The minimum Gasteiger partial charge on any atom is -0.494 e. The first-order valence-electron chi connectivity index (χ1n) is 7.25. The predicted octanol–water partition coefficient (Wildman–Crippen LogP) is 2.82. The van der Waals surface area contributed by atoms with Crippen LogP contribution in [-0.4, -0.2) is 31.4 Å². The molecule has 1 aromatic rings. The summed E-state index contributed by atoms with van der Waals surface area (Å²) < 4.78 is 5.76. The number of aliphatic hydroxyl groups is 1. The van der Waals surface area contributed by atoms with Gasteiger partial charge in [-0.3, -0.25) is 0 Å². The highest BCUT2D eigenvalue weighted by atomic mass is 16.5. The summed E-state index contributed by atoms with van der Waals surface area (Å²) in [6.45, 7) is 6.92. The van der Waals surface area contributed by atoms with Crippen LogP contribution in [0.3, 0.4) is 0 Å². The van der Waals surface area contributed by atoms with E-state index in [4.69, 9.17) is 9.84 Å². The van der Waals surface area contributed by atoms with Gasteiger partial charge in [-0.05, 0) is 56.5 Å². The van der Waals surface area contributed by atoms with E-state index in [1.54, 1.807) is 0 Å². The Morgan fingerprint density at radius 1 is 0.947 bits per heavy atom. The van der Waals surface area contributed by atoms with E-state index < -0.39 is 0 Å². The van der Waals surface area contributed by atoms with Gasteiger partial charge >= 0.3 is 0 Å². The molecule has 108 valence electrons. The fourth-order valence-corrected chi connectivity index (χ4v) is 2.12. The second-order valence-corrected chi connectivity index (χ2v) is 5.06. The molecular weight excluding hydrogens is 238 g/mol. The largest absolute Gasteiger partial charge is 0.494 e. The molecule has 2 N–H and O–H groups in total. The lowest BCUT2D eigenvalue weighted by atomic mass is 10.1. The van der Waals surface area contributed by atoms with Crippen LogP contribution in [0.4, 0.5) is 0 Å². The first-order chi connectivity index (χ1) is 9.22. The van der Waals surface area contributed by atoms with E-state index in [-0.39, 0.29) is 6.61 Å². The Kier molecular flexibility index (Phi) is 8.26. The molecule has 3 heteroatoms. The molecule has 0 radical (unpaired) electrons. The number of ether oxygens (including phenoxy) is 1. The summed E-state index contributed by atoms with van der Waals surface area (Å²) in [5.74, 6) is 0.988. The lowest BCUT2D eigenvalue weighted by Gasteiger charge is -2.08. The van der Waals surface area contributed by atoms with Gasteiger partial charge < -0.3 is 15.2 Å². The van der Waals surface area contributed by atoms with Gasteiger partial charge in [0.15, 0.2) is 0 Å². The number of unbranched alkanes of at least 4 members (excludes halogenated alkanes) is 3. The van der Waals surface area contributed by atoms with Crippen molar-refractivity contribution in [1.29, 1.82) is 0 Å². The van der Waals surface area contributed by atoms with E-state index in [9.17, 15) is 0 Å². The highest BCUT2D eigenvalue weighted by Crippen LogP contribution is 2.16. The molecule has 0 atom stereocenters. The molecule has 0 aliphatic heterocycles. The zero-order chi connectivity index (χ0) is 13.9. The van der Waals surface area contributed by atoms with Crippen LogP contribution in [0, 0.1) is 13.8 Å². The van der Waals surface area contributed by atoms with Crippen LogP contribution in [0.2, 0.25) is 0 Å². The second kappa shape index (κ2) is 9.82. The maximum atomic E-state index is 8.61. The summed E-state index contributed by atoms with van der Waals surface area (Å²) >= 11 is 0. The van der Waals surface area contributed by atoms with E-state index in [2.05, 4.69) is 37.4 Å². The molecule has 0 aliphatic rings. The molecule has 0 aromatic heterocycles. The number of rotatable bonds is 10. The summed E-state index contributed by atoms with van der Waals surface area (Å²) in [4.78, 5) is 0. The van der Waals surface area contributed by atoms with Gasteiger partial charge in [0.05, 0.1) is 13.2 Å². The van der Waals surface area contributed by atoms with E-state index >= 15 is 0 Å². The van der Waals surface area contributed by atoms with Crippen molar-refractivity contribution in [2.24, 2.45) is 0 Å². The van der Waals surface area contributed by atoms with Crippen molar-refractivity contribution in [1.82, 2.24) is 5.32 Å². The molecule has 0 saturated heterocycles. The third-order valence-electron chi connectivity index (χ3n) is 3.00. The Hall–Kier alpha value is -1.06. The molecule has 3 nitrogen and oxygen atoms in total. The van der Waals surface area contributed by atoms with Gasteiger partial charge in [-0.25, -0.2) is 0 Å². The van der Waals surface area contributed by atoms with Gasteiger partial charge in [-0.15, -0.1) is 0 Å². The maximum absolute atomic E-state index is 8.61. The second-order valence-electron chi connectivity index (χ2n) is 5.06. The van der Waals surface area contributed by atoms with Crippen LogP contribution >= 0.6 is 0 Å². The molecule has 0 aliphatic carbocycles. The Morgan fingerprint density at radius 2 is 1.63 bits per heavy atom. The van der Waals surface area contributed by atoms with Gasteiger partial charge in [-0.1, -0.05) is 18.9 Å². The highest BCUT2D eigenvalue weighted by molar-refractivity contribution is 5.32. The number of benzene rings is 1. The standard InChI is InChI=1S/C16H27NO2/c1-14-11-15(2)13-16(12-14)19-10-6-4-3-5-7-17-8-9-18/h11-13,17-18H,3-10H2,1-2H3. The van der Waals surface area contributed by atoms with Crippen molar-refractivity contribution in [3.63, 3.8) is 0 Å². The first kappa shape index (κ1) is 16.0. The summed E-state index contributed by atoms with van der Waals surface area (Å²) in [6.07, 6.45) is 4.69. The van der Waals surface area contributed by atoms with Crippen molar-refractivity contribution < 1.29 is 9.84 Å². The number of hydrogen-bond donors (Lipinski definition) is 2. The van der Waals surface area contributed by atoms with E-state index in [0.29, 0.717) is 6.54 Å². The zero-order valence-corrected chi connectivity index (χ0v) is 12.2. The van der Waals surface area contributed by atoms with E-state index in [0.717, 1.165) is 25.3 Å². The molecule has 0 fully saturated rings. The number of aryl methyl sites for hydroxylation is 2. The average Bonchev–Trinajstić information content (AvgIpc) is 2.36. The third-order valence-corrected chi connectivity index (χ3v) is 3.00. The quantitative estimate of drug-likeness (QED) is 0.639. The van der Waals surface area contributed by atoms with Crippen molar-refractivity contribution in [3.8, 4) is 5.75 Å². The summed E-state index contributed by atoms with van der Waals surface area (Å²) in [5, 5.41) is 11.8. The smallest absolute Gasteiger partial charge is 0.119 e. The van der Waals surface area contributed by atoms with Crippen LogP contribution in [0.25, 0.3) is 0 Å². The van der Waals surface area contributed by atoms with Crippen molar-refractivity contribution in [3.05, 3.63) is 29.3 Å². The molecule has 0 saturated carbocycles. The summed E-state index contributed by atoms with van der Waals surface area (Å²) in [7, 11) is 0. The molecule has 0 amide bonds. The van der Waals surface area contributed by atoms with E-state index in [1.165, 1.54) is 30.4 Å². The van der Waals surface area contributed by atoms with Crippen molar-refractivity contribution in [2.75, 3.05) is 26.3 Å². The van der Waals surface area contributed by atoms with Crippen LogP contribution in [0.15, 0.2) is 18.2 Å². The van der Waals surface area contributed by atoms with Crippen LogP contribution in [0.5, 0.6) is 5.75 Å². The molecule has 1 aromatic carbocycles.